The Labute approximate surface area is 124 Å². The Morgan fingerprint density at radius 1 is 1.15 bits per heavy atom. The van der Waals surface area contributed by atoms with Crippen LogP contribution in [-0.4, -0.2) is 7.05 Å². The van der Waals surface area contributed by atoms with Gasteiger partial charge in [-0.15, -0.1) is 11.3 Å². The second-order valence-electron chi connectivity index (χ2n) is 4.38. The molecule has 20 heavy (non-hydrogen) atoms. The fraction of sp³-hybridized carbons (Fsp3) is 0.286. The molecule has 0 saturated carbocycles. The predicted octanol–water partition coefficient (Wildman–Crippen LogP) is 4.92. The van der Waals surface area contributed by atoms with Crippen LogP contribution >= 0.6 is 22.9 Å². The molecule has 0 aliphatic heterocycles. The van der Waals surface area contributed by atoms with Gasteiger partial charge in [-0.05, 0) is 43.3 Å². The third-order valence-corrected chi connectivity index (χ3v) is 4.35. The zero-order chi connectivity index (χ0) is 14.8. The molecule has 1 aromatic heterocycles. The normalized spacial score (nSPS) is 13.4. The van der Waals surface area contributed by atoms with Crippen LogP contribution in [0.3, 0.4) is 0 Å². The summed E-state index contributed by atoms with van der Waals surface area (Å²) in [6.07, 6.45) is -3.67. The van der Waals surface area contributed by atoms with Gasteiger partial charge in [0.25, 0.3) is 0 Å². The van der Waals surface area contributed by atoms with E-state index in [1.54, 1.807) is 0 Å². The van der Waals surface area contributed by atoms with E-state index >= 15 is 0 Å². The van der Waals surface area contributed by atoms with Gasteiger partial charge in [-0.1, -0.05) is 23.7 Å². The summed E-state index contributed by atoms with van der Waals surface area (Å²) in [6.45, 7) is 0. The van der Waals surface area contributed by atoms with Crippen LogP contribution in [0.15, 0.2) is 36.4 Å². The van der Waals surface area contributed by atoms with E-state index in [1.165, 1.54) is 23.5 Å². The highest BCUT2D eigenvalue weighted by Crippen LogP contribution is 2.31. The Morgan fingerprint density at radius 2 is 1.80 bits per heavy atom. The van der Waals surface area contributed by atoms with E-state index in [1.807, 2.05) is 19.2 Å². The summed E-state index contributed by atoms with van der Waals surface area (Å²) in [6, 6.07) is 9.05. The number of halogens is 4. The summed E-state index contributed by atoms with van der Waals surface area (Å²) in [4.78, 5) is 1.07. The molecule has 1 unspecified atom stereocenters. The molecule has 0 aliphatic carbocycles. The fourth-order valence-corrected chi connectivity index (χ4v) is 3.10. The molecule has 1 atom stereocenters. The summed E-state index contributed by atoms with van der Waals surface area (Å²) in [5.41, 5.74) is 0.225. The van der Waals surface area contributed by atoms with E-state index in [0.29, 0.717) is 10.8 Å². The topological polar surface area (TPSA) is 12.0 Å². The molecule has 1 heterocycles. The second-order valence-corrected chi connectivity index (χ2v) is 6.13. The van der Waals surface area contributed by atoms with Gasteiger partial charge in [0.2, 0.25) is 0 Å². The molecule has 0 radical (unpaired) electrons. The molecule has 0 amide bonds. The number of thiophene rings is 1. The van der Waals surface area contributed by atoms with Gasteiger partial charge in [-0.2, -0.15) is 13.2 Å². The average molecular weight is 320 g/mol. The van der Waals surface area contributed by atoms with Gasteiger partial charge in [0.15, 0.2) is 0 Å². The summed E-state index contributed by atoms with van der Waals surface area (Å²) in [5, 5.41) is 3.15. The maximum atomic E-state index is 12.5. The molecule has 0 spiro atoms. The number of nitrogens with one attached hydrogen (secondary N) is 1. The Morgan fingerprint density at radius 3 is 2.25 bits per heavy atom. The van der Waals surface area contributed by atoms with E-state index in [4.69, 9.17) is 11.6 Å². The van der Waals surface area contributed by atoms with Crippen molar-refractivity contribution in [3.63, 3.8) is 0 Å². The van der Waals surface area contributed by atoms with Crippen molar-refractivity contribution in [2.24, 2.45) is 0 Å². The third-order valence-electron chi connectivity index (χ3n) is 3.01. The molecule has 0 fully saturated rings. The van der Waals surface area contributed by atoms with Crippen molar-refractivity contribution in [1.82, 2.24) is 5.32 Å². The molecule has 2 aromatic rings. The first kappa shape index (κ1) is 15.4. The molecule has 0 saturated heterocycles. The lowest BCUT2D eigenvalue weighted by Crippen LogP contribution is -2.17. The zero-order valence-electron chi connectivity index (χ0n) is 10.7. The van der Waals surface area contributed by atoms with Crippen molar-refractivity contribution >= 4 is 22.9 Å². The average Bonchev–Trinajstić information content (AvgIpc) is 2.82. The number of hydrogen-bond acceptors (Lipinski definition) is 2. The minimum absolute atomic E-state index is 0.0456. The fourth-order valence-electron chi connectivity index (χ4n) is 1.93. The van der Waals surface area contributed by atoms with Crippen molar-refractivity contribution < 1.29 is 13.2 Å². The Bertz CT molecular complexity index is 563. The first-order valence-electron chi connectivity index (χ1n) is 5.99. The van der Waals surface area contributed by atoms with Gasteiger partial charge in [0, 0.05) is 10.9 Å². The lowest BCUT2D eigenvalue weighted by molar-refractivity contribution is -0.137. The van der Waals surface area contributed by atoms with Crippen LogP contribution in [-0.2, 0) is 12.6 Å². The van der Waals surface area contributed by atoms with E-state index in [0.717, 1.165) is 22.6 Å². The number of benzene rings is 1. The number of alkyl halides is 3. The largest absolute Gasteiger partial charge is 0.416 e. The number of hydrogen-bond donors (Lipinski definition) is 1. The quantitative estimate of drug-likeness (QED) is 0.843. The van der Waals surface area contributed by atoms with E-state index in [-0.39, 0.29) is 6.04 Å². The summed E-state index contributed by atoms with van der Waals surface area (Å²) in [7, 11) is 1.82. The van der Waals surface area contributed by atoms with E-state index < -0.39 is 11.7 Å². The Hall–Kier alpha value is -1.04. The first-order chi connectivity index (χ1) is 9.40. The second kappa shape index (κ2) is 6.16. The lowest BCUT2D eigenvalue weighted by atomic mass is 10.0. The minimum atomic E-state index is -4.29. The molecular weight excluding hydrogens is 307 g/mol. The summed E-state index contributed by atoms with van der Waals surface area (Å²) in [5.74, 6) is 0. The van der Waals surface area contributed by atoms with Crippen molar-refractivity contribution in [2.75, 3.05) is 7.05 Å². The molecule has 1 N–H and O–H groups in total. The van der Waals surface area contributed by atoms with Gasteiger partial charge in [0.05, 0.1) is 9.90 Å². The van der Waals surface area contributed by atoms with E-state index in [2.05, 4.69) is 5.32 Å². The highest BCUT2D eigenvalue weighted by molar-refractivity contribution is 7.16. The monoisotopic (exact) mass is 319 g/mol. The van der Waals surface area contributed by atoms with Crippen LogP contribution in [0.2, 0.25) is 4.34 Å². The molecule has 1 nitrogen and oxygen atoms in total. The smallest absolute Gasteiger partial charge is 0.312 e. The molecule has 2 rings (SSSR count). The summed E-state index contributed by atoms with van der Waals surface area (Å²) < 4.78 is 38.2. The molecule has 108 valence electrons. The number of rotatable bonds is 4. The van der Waals surface area contributed by atoms with Crippen LogP contribution in [0.1, 0.15) is 22.0 Å². The Kier molecular flexibility index (Phi) is 4.73. The van der Waals surface area contributed by atoms with Crippen molar-refractivity contribution in [1.29, 1.82) is 0 Å². The maximum absolute atomic E-state index is 12.5. The van der Waals surface area contributed by atoms with Crippen LogP contribution < -0.4 is 5.32 Å². The SMILES string of the molecule is CNC(Cc1ccc(C(F)(F)F)cc1)c1ccc(Cl)s1. The third kappa shape index (κ3) is 3.75. The molecule has 6 heteroatoms. The van der Waals surface area contributed by atoms with Gasteiger partial charge < -0.3 is 5.32 Å². The van der Waals surface area contributed by atoms with Crippen molar-refractivity contribution in [2.45, 2.75) is 18.6 Å². The molecule has 0 bridgehead atoms. The number of likely N-dealkylation sites (N-methyl/N-ethyl adjacent to an activating group) is 1. The van der Waals surface area contributed by atoms with Crippen molar-refractivity contribution in [3.8, 4) is 0 Å². The molecule has 0 aliphatic rings. The standard InChI is InChI=1S/C14H13ClF3NS/c1-19-11(12-6-7-13(15)20-12)8-9-2-4-10(5-3-9)14(16,17)18/h2-7,11,19H,8H2,1H3. The van der Waals surface area contributed by atoms with Crippen molar-refractivity contribution in [3.05, 3.63) is 56.7 Å². The minimum Gasteiger partial charge on any atom is -0.312 e. The van der Waals surface area contributed by atoms with Gasteiger partial charge in [-0.25, -0.2) is 0 Å². The predicted molar refractivity (Wildman–Crippen MR) is 76.3 cm³/mol. The zero-order valence-corrected chi connectivity index (χ0v) is 12.2. The highest BCUT2D eigenvalue weighted by Gasteiger charge is 2.30. The molecule has 1 aromatic carbocycles. The van der Waals surface area contributed by atoms with Crippen LogP contribution in [0.4, 0.5) is 13.2 Å². The van der Waals surface area contributed by atoms with Crippen LogP contribution in [0, 0.1) is 0 Å². The van der Waals surface area contributed by atoms with Gasteiger partial charge in [0.1, 0.15) is 0 Å². The molecular formula is C14H13ClF3NS. The highest BCUT2D eigenvalue weighted by atomic mass is 35.5. The summed E-state index contributed by atoms with van der Waals surface area (Å²) >= 11 is 7.37. The Balaban J connectivity index is 2.12. The van der Waals surface area contributed by atoms with Gasteiger partial charge >= 0.3 is 6.18 Å². The maximum Gasteiger partial charge on any atom is 0.416 e. The lowest BCUT2D eigenvalue weighted by Gasteiger charge is -2.15. The first-order valence-corrected chi connectivity index (χ1v) is 7.18. The van der Waals surface area contributed by atoms with Crippen LogP contribution in [0.25, 0.3) is 0 Å². The van der Waals surface area contributed by atoms with Crippen LogP contribution in [0.5, 0.6) is 0 Å². The van der Waals surface area contributed by atoms with E-state index in [9.17, 15) is 13.2 Å². The van der Waals surface area contributed by atoms with Gasteiger partial charge in [-0.3, -0.25) is 0 Å².